The van der Waals surface area contributed by atoms with E-state index in [9.17, 15) is 9.59 Å². The molecule has 0 unspecified atom stereocenters. The highest BCUT2D eigenvalue weighted by molar-refractivity contribution is 9.10. The summed E-state index contributed by atoms with van der Waals surface area (Å²) in [5, 5.41) is 4.85. The van der Waals surface area contributed by atoms with Crippen LogP contribution in [-0.4, -0.2) is 21.2 Å². The van der Waals surface area contributed by atoms with Crippen molar-refractivity contribution in [2.75, 3.05) is 11.1 Å². The smallest absolute Gasteiger partial charge is 0.267 e. The highest BCUT2D eigenvalue weighted by Gasteiger charge is 2.23. The molecule has 0 radical (unpaired) electrons. The summed E-state index contributed by atoms with van der Waals surface area (Å²) in [5.74, 6) is -0.209. The van der Waals surface area contributed by atoms with Crippen LogP contribution in [0.5, 0.6) is 0 Å². The molecule has 5 rings (SSSR count). The third kappa shape index (κ3) is 4.79. The Hall–Kier alpha value is -1.84. The number of rotatable bonds is 5. The fourth-order valence-corrected chi connectivity index (χ4v) is 6.73. The van der Waals surface area contributed by atoms with Crippen molar-refractivity contribution in [1.82, 2.24) is 9.55 Å². The number of hydrogen-bond donors (Lipinski definition) is 1. The molecular weight excluding hydrogens is 577 g/mol. The van der Waals surface area contributed by atoms with Crippen molar-refractivity contribution in [2.24, 2.45) is 0 Å². The lowest BCUT2D eigenvalue weighted by Crippen LogP contribution is -2.23. The largest absolute Gasteiger partial charge is 0.324 e. The van der Waals surface area contributed by atoms with Crippen molar-refractivity contribution in [1.29, 1.82) is 0 Å². The molecule has 4 aromatic rings. The number of carbonyl (C=O) groups is 1. The second-order valence-electron chi connectivity index (χ2n) is 7.86. The Labute approximate surface area is 222 Å². The first-order valence-corrected chi connectivity index (χ1v) is 14.0. The number of thioether (sulfide) groups is 1. The van der Waals surface area contributed by atoms with Crippen LogP contribution in [0.25, 0.3) is 15.9 Å². The van der Waals surface area contributed by atoms with Crippen molar-refractivity contribution in [2.45, 2.75) is 30.8 Å². The fraction of sp³-hybridized carbons (Fsp3) is 0.208. The normalized spacial score (nSPS) is 13.1. The van der Waals surface area contributed by atoms with Crippen LogP contribution in [0.15, 0.2) is 56.9 Å². The average molecular weight is 595 g/mol. The maximum atomic E-state index is 13.8. The quantitative estimate of drug-likeness (QED) is 0.197. The van der Waals surface area contributed by atoms with E-state index in [0.29, 0.717) is 32.0 Å². The number of hydrogen-bond acceptors (Lipinski definition) is 5. The van der Waals surface area contributed by atoms with Gasteiger partial charge in [0.1, 0.15) is 4.83 Å². The van der Waals surface area contributed by atoms with Gasteiger partial charge >= 0.3 is 0 Å². The first-order valence-electron chi connectivity index (χ1n) is 10.6. The molecule has 1 amide bonds. The molecule has 0 bridgehead atoms. The molecule has 1 aliphatic carbocycles. The van der Waals surface area contributed by atoms with Crippen LogP contribution in [0.3, 0.4) is 0 Å². The number of benzene rings is 2. The molecule has 1 N–H and O–H groups in total. The van der Waals surface area contributed by atoms with Gasteiger partial charge in [-0.2, -0.15) is 0 Å². The van der Waals surface area contributed by atoms with Gasteiger partial charge in [0, 0.05) is 14.4 Å². The molecule has 1 aliphatic rings. The molecule has 2 heterocycles. The Kier molecular flexibility index (Phi) is 7.04. The van der Waals surface area contributed by atoms with Crippen molar-refractivity contribution >= 4 is 84.0 Å². The number of anilines is 1. The van der Waals surface area contributed by atoms with Crippen molar-refractivity contribution in [3.8, 4) is 5.69 Å². The molecular formula is C24H18BrCl2N3O2S2. The van der Waals surface area contributed by atoms with Gasteiger partial charge in [-0.25, -0.2) is 4.98 Å². The lowest BCUT2D eigenvalue weighted by Gasteiger charge is -2.14. The highest BCUT2D eigenvalue weighted by atomic mass is 79.9. The molecule has 5 nitrogen and oxygen atoms in total. The van der Waals surface area contributed by atoms with E-state index in [2.05, 4.69) is 21.2 Å². The number of aryl methyl sites for hydroxylation is 2. The van der Waals surface area contributed by atoms with Crippen molar-refractivity contribution < 1.29 is 4.79 Å². The van der Waals surface area contributed by atoms with Gasteiger partial charge in [0.15, 0.2) is 5.16 Å². The summed E-state index contributed by atoms with van der Waals surface area (Å²) >= 11 is 18.5. The summed E-state index contributed by atoms with van der Waals surface area (Å²) in [6.45, 7) is 0. The van der Waals surface area contributed by atoms with Crippen molar-refractivity contribution in [3.63, 3.8) is 0 Å². The van der Waals surface area contributed by atoms with E-state index in [0.717, 1.165) is 40.5 Å². The van der Waals surface area contributed by atoms with Gasteiger partial charge in [0.2, 0.25) is 5.91 Å². The minimum atomic E-state index is -0.267. The maximum absolute atomic E-state index is 13.8. The molecule has 10 heteroatoms. The van der Waals surface area contributed by atoms with E-state index in [4.69, 9.17) is 28.2 Å². The number of thiophene rings is 1. The number of fused-ring (bicyclic) bond motifs is 3. The maximum Gasteiger partial charge on any atom is 0.267 e. The number of carbonyl (C=O) groups excluding carboxylic acids is 1. The van der Waals surface area contributed by atoms with Crippen molar-refractivity contribution in [3.05, 3.63) is 77.8 Å². The lowest BCUT2D eigenvalue weighted by atomic mass is 9.97. The number of aromatic nitrogens is 2. The van der Waals surface area contributed by atoms with E-state index < -0.39 is 0 Å². The van der Waals surface area contributed by atoms with Gasteiger partial charge in [0.25, 0.3) is 5.56 Å². The molecule has 2 aromatic carbocycles. The highest BCUT2D eigenvalue weighted by Crippen LogP contribution is 2.35. The van der Waals surface area contributed by atoms with Crippen LogP contribution >= 0.6 is 62.2 Å². The van der Waals surface area contributed by atoms with Crippen LogP contribution in [0.1, 0.15) is 23.3 Å². The monoisotopic (exact) mass is 593 g/mol. The van der Waals surface area contributed by atoms with Crippen LogP contribution in [0, 0.1) is 0 Å². The van der Waals surface area contributed by atoms with Crippen LogP contribution in [0.2, 0.25) is 10.0 Å². The SMILES string of the molecule is O=C(CSc1nc2sc3c(c2c(=O)n1-c1ccc(Br)cc1)CCCC3)Nc1cc(Cl)ccc1Cl. The van der Waals surface area contributed by atoms with E-state index in [-0.39, 0.29) is 17.2 Å². The summed E-state index contributed by atoms with van der Waals surface area (Å²) < 4.78 is 2.53. The van der Waals surface area contributed by atoms with Crippen LogP contribution in [-0.2, 0) is 17.6 Å². The fourth-order valence-electron chi connectivity index (χ4n) is 4.01. The zero-order valence-corrected chi connectivity index (χ0v) is 22.5. The van der Waals surface area contributed by atoms with E-state index in [1.807, 2.05) is 24.3 Å². The Morgan fingerprint density at radius 3 is 2.71 bits per heavy atom. The van der Waals surface area contributed by atoms with Gasteiger partial charge in [-0.15, -0.1) is 11.3 Å². The number of halogens is 3. The van der Waals surface area contributed by atoms with E-state index in [1.165, 1.54) is 16.6 Å². The van der Waals surface area contributed by atoms with Gasteiger partial charge in [0.05, 0.1) is 27.5 Å². The molecule has 174 valence electrons. The molecule has 0 saturated heterocycles. The van der Waals surface area contributed by atoms with E-state index in [1.54, 1.807) is 34.1 Å². The molecule has 2 aromatic heterocycles. The average Bonchev–Trinajstić information content (AvgIpc) is 3.20. The Balaban J connectivity index is 1.52. The minimum Gasteiger partial charge on any atom is -0.324 e. The van der Waals surface area contributed by atoms with Gasteiger partial charge in [-0.1, -0.05) is 50.9 Å². The Morgan fingerprint density at radius 1 is 1.15 bits per heavy atom. The number of nitrogens with zero attached hydrogens (tertiary/aromatic N) is 2. The summed E-state index contributed by atoms with van der Waals surface area (Å²) in [7, 11) is 0. The Morgan fingerprint density at radius 2 is 1.91 bits per heavy atom. The third-order valence-corrected chi connectivity index (χ3v) is 8.80. The summed E-state index contributed by atoms with van der Waals surface area (Å²) in [5.41, 5.74) is 2.20. The zero-order chi connectivity index (χ0) is 23.8. The lowest BCUT2D eigenvalue weighted by molar-refractivity contribution is -0.113. The van der Waals surface area contributed by atoms with Crippen LogP contribution in [0.4, 0.5) is 5.69 Å². The summed E-state index contributed by atoms with van der Waals surface area (Å²) in [4.78, 5) is 33.3. The van der Waals surface area contributed by atoms with Gasteiger partial charge < -0.3 is 5.32 Å². The molecule has 0 aliphatic heterocycles. The molecule has 34 heavy (non-hydrogen) atoms. The van der Waals surface area contributed by atoms with E-state index >= 15 is 0 Å². The third-order valence-electron chi connectivity index (χ3n) is 5.58. The molecule has 0 saturated carbocycles. The first-order chi connectivity index (χ1) is 16.4. The van der Waals surface area contributed by atoms with Gasteiger partial charge in [-0.3, -0.25) is 14.2 Å². The second-order valence-corrected chi connectivity index (χ2v) is 11.6. The molecule has 0 fully saturated rings. The predicted octanol–water partition coefficient (Wildman–Crippen LogP) is 7.13. The molecule has 0 atom stereocenters. The second kappa shape index (κ2) is 10.0. The number of amides is 1. The molecule has 0 spiro atoms. The predicted molar refractivity (Wildman–Crippen MR) is 145 cm³/mol. The standard InChI is InChI=1S/C24H18BrCl2N3O2S2/c25-13-5-8-15(9-6-13)30-23(32)21-16-3-1-2-4-19(16)34-22(21)29-24(30)33-12-20(31)28-18-11-14(26)7-10-17(18)27/h5-11H,1-4,12H2,(H,28,31). The summed E-state index contributed by atoms with van der Waals surface area (Å²) in [6.07, 6.45) is 4.11. The Bertz CT molecular complexity index is 1470. The van der Waals surface area contributed by atoms with Crippen LogP contribution < -0.4 is 10.9 Å². The van der Waals surface area contributed by atoms with Gasteiger partial charge in [-0.05, 0) is 73.7 Å². The number of nitrogens with one attached hydrogen (secondary N) is 1. The minimum absolute atomic E-state index is 0.0579. The topological polar surface area (TPSA) is 64.0 Å². The summed E-state index contributed by atoms with van der Waals surface area (Å²) in [6, 6.07) is 12.4. The zero-order valence-electron chi connectivity index (χ0n) is 17.7. The first kappa shape index (κ1) is 23.9.